The molecule has 58 heavy (non-hydrogen) atoms. The molecule has 2 heterocycles. The Kier molecular flexibility index (Phi) is 15.9. The number of benzene rings is 4. The number of quaternary nitrogens is 1. The van der Waals surface area contributed by atoms with E-state index in [1.54, 1.807) is 38.2 Å². The Hall–Kier alpha value is -4.30. The van der Waals surface area contributed by atoms with Crippen molar-refractivity contribution < 1.29 is 37.8 Å². The maximum atomic E-state index is 13.7. The van der Waals surface area contributed by atoms with Crippen LogP contribution in [0.3, 0.4) is 0 Å². The molecule has 2 N–H and O–H groups in total. The number of halogens is 1. The summed E-state index contributed by atoms with van der Waals surface area (Å²) in [6, 6.07) is 30.9. The van der Waals surface area contributed by atoms with Crippen molar-refractivity contribution in [3.63, 3.8) is 0 Å². The van der Waals surface area contributed by atoms with E-state index in [0.717, 1.165) is 16.7 Å². The zero-order valence-corrected chi connectivity index (χ0v) is 36.0. The van der Waals surface area contributed by atoms with E-state index in [1.807, 2.05) is 78.9 Å². The Balaban J connectivity index is 0.000000839. The van der Waals surface area contributed by atoms with Crippen LogP contribution in [0, 0.1) is 6.92 Å². The lowest BCUT2D eigenvalue weighted by Gasteiger charge is -2.38. The highest BCUT2D eigenvalue weighted by atomic mass is 35.5. The third kappa shape index (κ3) is 11.0. The molecule has 1 saturated heterocycles. The normalized spacial score (nSPS) is 17.6. The molecule has 1 aliphatic heterocycles. The van der Waals surface area contributed by atoms with E-state index >= 15 is 0 Å². The van der Waals surface area contributed by atoms with E-state index in [-0.39, 0.29) is 18.8 Å². The van der Waals surface area contributed by atoms with Gasteiger partial charge in [0.15, 0.2) is 6.72 Å². The van der Waals surface area contributed by atoms with Crippen LogP contribution in [0.1, 0.15) is 55.7 Å². The number of hydrogen-bond acceptors (Lipinski definition) is 10. The summed E-state index contributed by atoms with van der Waals surface area (Å²) in [5.74, 6) is 1.53. The van der Waals surface area contributed by atoms with E-state index in [9.17, 15) is 14.5 Å². The van der Waals surface area contributed by atoms with Gasteiger partial charge < -0.3 is 37.8 Å². The first-order chi connectivity index (χ1) is 27.9. The highest BCUT2D eigenvalue weighted by Gasteiger charge is 2.44. The van der Waals surface area contributed by atoms with E-state index in [2.05, 4.69) is 25.8 Å². The minimum atomic E-state index is -4.19. The molecule has 0 bridgehead atoms. The van der Waals surface area contributed by atoms with Crippen molar-refractivity contribution in [1.82, 2.24) is 9.55 Å². The summed E-state index contributed by atoms with van der Waals surface area (Å²) in [4.78, 5) is 42.8. The van der Waals surface area contributed by atoms with Crippen LogP contribution in [0.5, 0.6) is 17.2 Å². The summed E-state index contributed by atoms with van der Waals surface area (Å²) in [6.07, 6.45) is -1.37. The molecule has 310 valence electrons. The molecular weight excluding hydrogens is 801 g/mol. The highest BCUT2D eigenvalue weighted by Crippen LogP contribution is 2.47. The molecule has 0 spiro atoms. The molecule has 6 rings (SSSR count). The molecule has 1 fully saturated rings. The fourth-order valence-electron chi connectivity index (χ4n) is 6.78. The van der Waals surface area contributed by atoms with Crippen LogP contribution in [0.25, 0.3) is 0 Å². The largest absolute Gasteiger partial charge is 0.770 e. The predicted octanol–water partition coefficient (Wildman–Crippen LogP) is 5.79. The molecule has 1 aliphatic rings. The van der Waals surface area contributed by atoms with Crippen LogP contribution < -0.4 is 35.0 Å². The van der Waals surface area contributed by atoms with Crippen molar-refractivity contribution in [2.45, 2.75) is 58.2 Å². The van der Waals surface area contributed by atoms with Crippen LogP contribution in [0.4, 0.5) is 0 Å². The summed E-state index contributed by atoms with van der Waals surface area (Å²) in [5, 5.41) is 0.462. The van der Waals surface area contributed by atoms with Crippen LogP contribution >= 0.6 is 18.3 Å². The first-order valence-electron chi connectivity index (χ1n) is 19.1. The van der Waals surface area contributed by atoms with Crippen LogP contribution in [0.2, 0.25) is 5.02 Å². The Morgan fingerprint density at radius 2 is 1.36 bits per heavy atom. The number of aryl methyl sites for hydroxylation is 1. The fourth-order valence-corrected chi connectivity index (χ4v) is 8.47. The number of nitrogens with zero attached hydrogens (tertiary/aromatic N) is 1. The molecule has 12 nitrogen and oxygen atoms in total. The molecule has 0 radical (unpaired) electrons. The Labute approximate surface area is 349 Å². The Bertz CT molecular complexity index is 2170. The van der Waals surface area contributed by atoms with E-state index < -0.39 is 42.0 Å². The van der Waals surface area contributed by atoms with Crippen LogP contribution in [0.15, 0.2) is 119 Å². The highest BCUT2D eigenvalue weighted by molar-refractivity contribution is 8.06. The lowest BCUT2D eigenvalue weighted by Crippen LogP contribution is -3.11. The second-order valence-corrected chi connectivity index (χ2v) is 16.7. The monoisotopic (exact) mass is 851 g/mol. The predicted molar refractivity (Wildman–Crippen MR) is 227 cm³/mol. The van der Waals surface area contributed by atoms with E-state index in [0.29, 0.717) is 22.1 Å². The maximum absolute atomic E-state index is 13.7. The number of methoxy groups -OCH3 is 2. The Morgan fingerprint density at radius 1 is 0.845 bits per heavy atom. The fraction of sp³-hybridized carbons (Fsp3) is 0.349. The van der Waals surface area contributed by atoms with Gasteiger partial charge in [-0.25, -0.2) is 4.79 Å². The molecule has 4 aromatic carbocycles. The minimum absolute atomic E-state index is 0.0352. The molecule has 1 aromatic heterocycles. The number of aromatic amines is 1. The van der Waals surface area contributed by atoms with Gasteiger partial charge in [0, 0.05) is 23.2 Å². The summed E-state index contributed by atoms with van der Waals surface area (Å²) < 4.78 is 37.3. The van der Waals surface area contributed by atoms with Crippen molar-refractivity contribution >= 4 is 30.1 Å². The van der Waals surface area contributed by atoms with Gasteiger partial charge in [-0.1, -0.05) is 66.2 Å². The summed E-state index contributed by atoms with van der Waals surface area (Å²) in [5.41, 5.74) is 0.259. The lowest BCUT2D eigenvalue weighted by molar-refractivity contribution is -0.894. The second-order valence-electron chi connectivity index (χ2n) is 13.6. The molecule has 15 heteroatoms. The van der Waals surface area contributed by atoms with Gasteiger partial charge in [0.25, 0.3) is 5.56 Å². The van der Waals surface area contributed by atoms with Gasteiger partial charge in [-0.05, 0) is 105 Å². The molecule has 4 atom stereocenters. The number of aromatic nitrogens is 2. The minimum Gasteiger partial charge on any atom is -0.770 e. The summed E-state index contributed by atoms with van der Waals surface area (Å²) >= 11 is 11.4. The number of rotatable bonds is 16. The van der Waals surface area contributed by atoms with Gasteiger partial charge in [0.1, 0.15) is 35.2 Å². The van der Waals surface area contributed by atoms with Gasteiger partial charge in [0.05, 0.1) is 46.6 Å². The van der Waals surface area contributed by atoms with Crippen LogP contribution in [-0.4, -0.2) is 62.2 Å². The zero-order chi connectivity index (χ0) is 41.9. The van der Waals surface area contributed by atoms with E-state index in [1.165, 1.54) is 42.5 Å². The van der Waals surface area contributed by atoms with Crippen molar-refractivity contribution in [2.75, 3.05) is 40.5 Å². The average Bonchev–Trinajstić information content (AvgIpc) is 3.63. The quantitative estimate of drug-likeness (QED) is 0.0928. The number of nitrogens with one attached hydrogen (secondary N) is 2. The Morgan fingerprint density at radius 3 is 1.86 bits per heavy atom. The van der Waals surface area contributed by atoms with Gasteiger partial charge in [-0.15, -0.1) is 0 Å². The topological polar surface area (TPSA) is 138 Å². The maximum Gasteiger partial charge on any atom is 0.330 e. The molecular formula is C43H51ClN3O9PS. The summed E-state index contributed by atoms with van der Waals surface area (Å²) in [6.45, 7) is 7.75. The van der Waals surface area contributed by atoms with E-state index in [4.69, 9.17) is 51.4 Å². The van der Waals surface area contributed by atoms with Crippen molar-refractivity contribution in [3.8, 4) is 17.2 Å². The van der Waals surface area contributed by atoms with Gasteiger partial charge >= 0.3 is 5.69 Å². The van der Waals surface area contributed by atoms with Gasteiger partial charge in [0.2, 0.25) is 0 Å². The number of ether oxygens (including phenoxy) is 4. The van der Waals surface area contributed by atoms with Crippen molar-refractivity contribution in [1.29, 1.82) is 0 Å². The molecule has 0 aliphatic carbocycles. The third-order valence-corrected chi connectivity index (χ3v) is 11.8. The lowest BCUT2D eigenvalue weighted by atomic mass is 9.80. The van der Waals surface area contributed by atoms with Gasteiger partial charge in [-0.3, -0.25) is 14.3 Å². The first kappa shape index (κ1) is 44.8. The average molecular weight is 852 g/mol. The standard InChI is InChI=1S/C37H36ClN2O9PS.C6H15N/c1-24-22-40(36(42)39-35(24)41)34-21-32(49-50(43,51)48-31-19-13-28(38)14-20-31)33(47-34)23-46-37(25-7-5-4-6-8-25,26-9-15-29(44-2)16-10-26)27-11-17-30(45-3)18-12-27;1-4-7(5-2)6-3/h4-20,22,32-34H,21,23H2,1-3H3,(H,43,51)(H,39,41,42);4-6H2,1-3H3/t32-,33+,34+,50?;/m0./s1. The van der Waals surface area contributed by atoms with Crippen LogP contribution in [-0.2, 0) is 31.4 Å². The van der Waals surface area contributed by atoms with Crippen molar-refractivity contribution in [2.24, 2.45) is 0 Å². The number of hydrogen-bond donors (Lipinski definition) is 2. The molecule has 0 amide bonds. The van der Waals surface area contributed by atoms with Crippen molar-refractivity contribution in [3.05, 3.63) is 157 Å². The number of H-pyrrole nitrogens is 1. The summed E-state index contributed by atoms with van der Waals surface area (Å²) in [7, 11) is 3.19. The molecule has 1 unspecified atom stereocenters. The smallest absolute Gasteiger partial charge is 0.330 e. The zero-order valence-electron chi connectivity index (χ0n) is 33.5. The molecule has 0 saturated carbocycles. The van der Waals surface area contributed by atoms with Gasteiger partial charge in [-0.2, -0.15) is 0 Å². The first-order valence-corrected chi connectivity index (χ1v) is 22.0. The second kappa shape index (κ2) is 20.6. The SMILES string of the molecule is CC[NH+](CC)CC.COc1ccc(C(OC[C@H]2O[C@@H](n3cc(C)c(=O)[nH]c3=O)C[C@@H]2OP([O-])(=S)Oc2ccc(Cl)cc2)(c2ccccc2)c2ccc(OC)cc2)cc1. The third-order valence-electron chi connectivity index (χ3n) is 10.1. The molecule has 5 aromatic rings.